The number of carbonyl (C=O) groups excluding carboxylic acids is 4. The van der Waals surface area contributed by atoms with Crippen LogP contribution in [0.2, 0.25) is 0 Å². The average molecular weight is 396 g/mol. The lowest BCUT2D eigenvalue weighted by molar-refractivity contribution is -0.155. The van der Waals surface area contributed by atoms with Crippen molar-refractivity contribution in [3.63, 3.8) is 0 Å². The highest BCUT2D eigenvalue weighted by Gasteiger charge is 2.31. The number of fused-ring (bicyclic) bond motifs is 1. The SMILES string of the molecule is CC(=O)c1cccc(NC(=O)[C@H](C)OC(=O)C[C@@H]2Oc3ccccc3NC2=O)c1. The highest BCUT2D eigenvalue weighted by molar-refractivity contribution is 6.00. The zero-order chi connectivity index (χ0) is 21.0. The number of hydrogen-bond acceptors (Lipinski definition) is 6. The number of nitrogens with one attached hydrogen (secondary N) is 2. The quantitative estimate of drug-likeness (QED) is 0.573. The fourth-order valence-corrected chi connectivity index (χ4v) is 2.74. The third-order valence-corrected chi connectivity index (χ3v) is 4.27. The van der Waals surface area contributed by atoms with Crippen LogP contribution < -0.4 is 15.4 Å². The first-order chi connectivity index (χ1) is 13.8. The first kappa shape index (κ1) is 20.1. The molecule has 3 rings (SSSR count). The van der Waals surface area contributed by atoms with Crippen LogP contribution >= 0.6 is 0 Å². The molecule has 2 amide bonds. The van der Waals surface area contributed by atoms with Gasteiger partial charge in [0.25, 0.3) is 11.8 Å². The summed E-state index contributed by atoms with van der Waals surface area (Å²) in [5.41, 5.74) is 1.40. The number of anilines is 2. The highest BCUT2D eigenvalue weighted by Crippen LogP contribution is 2.29. The molecule has 0 saturated carbocycles. The Kier molecular flexibility index (Phi) is 5.92. The maximum atomic E-state index is 12.3. The van der Waals surface area contributed by atoms with E-state index in [1.807, 2.05) is 0 Å². The molecular weight excluding hydrogens is 376 g/mol. The lowest BCUT2D eigenvalue weighted by Crippen LogP contribution is -2.40. The topological polar surface area (TPSA) is 111 Å². The number of ketones is 1. The monoisotopic (exact) mass is 396 g/mol. The fraction of sp³-hybridized carbons (Fsp3) is 0.238. The van der Waals surface area contributed by atoms with Crippen molar-refractivity contribution in [2.24, 2.45) is 0 Å². The lowest BCUT2D eigenvalue weighted by Gasteiger charge is -2.25. The summed E-state index contributed by atoms with van der Waals surface area (Å²) in [7, 11) is 0. The van der Waals surface area contributed by atoms with Crippen molar-refractivity contribution >= 4 is 34.9 Å². The molecule has 2 aromatic rings. The maximum absolute atomic E-state index is 12.3. The van der Waals surface area contributed by atoms with Crippen LogP contribution in [-0.2, 0) is 19.1 Å². The summed E-state index contributed by atoms with van der Waals surface area (Å²) < 4.78 is 10.7. The Morgan fingerprint density at radius 2 is 1.93 bits per heavy atom. The van der Waals surface area contributed by atoms with Crippen LogP contribution in [0.4, 0.5) is 11.4 Å². The van der Waals surface area contributed by atoms with E-state index in [-0.39, 0.29) is 12.2 Å². The van der Waals surface area contributed by atoms with Crippen molar-refractivity contribution in [3.05, 3.63) is 54.1 Å². The molecule has 29 heavy (non-hydrogen) atoms. The maximum Gasteiger partial charge on any atom is 0.310 e. The van der Waals surface area contributed by atoms with Gasteiger partial charge in [0.05, 0.1) is 12.1 Å². The van der Waals surface area contributed by atoms with Gasteiger partial charge in [-0.2, -0.15) is 0 Å². The van der Waals surface area contributed by atoms with Crippen LogP contribution in [0, 0.1) is 0 Å². The second-order valence-corrected chi connectivity index (χ2v) is 6.55. The third kappa shape index (κ3) is 4.98. The number of carbonyl (C=O) groups is 4. The van der Waals surface area contributed by atoms with Crippen molar-refractivity contribution in [1.82, 2.24) is 0 Å². The molecule has 1 heterocycles. The van der Waals surface area contributed by atoms with Gasteiger partial charge in [-0.15, -0.1) is 0 Å². The molecule has 0 spiro atoms. The summed E-state index contributed by atoms with van der Waals surface area (Å²) in [6, 6.07) is 13.3. The number of esters is 1. The fourth-order valence-electron chi connectivity index (χ4n) is 2.74. The Labute approximate surface area is 167 Å². The number of hydrogen-bond donors (Lipinski definition) is 2. The third-order valence-electron chi connectivity index (χ3n) is 4.27. The first-order valence-electron chi connectivity index (χ1n) is 9.01. The van der Waals surface area contributed by atoms with E-state index in [1.165, 1.54) is 19.9 Å². The van der Waals surface area contributed by atoms with Crippen LogP contribution in [0.1, 0.15) is 30.6 Å². The zero-order valence-electron chi connectivity index (χ0n) is 15.9. The average Bonchev–Trinajstić information content (AvgIpc) is 2.68. The molecule has 0 fully saturated rings. The van der Waals surface area contributed by atoms with E-state index in [1.54, 1.807) is 42.5 Å². The van der Waals surface area contributed by atoms with Gasteiger partial charge in [0.15, 0.2) is 18.0 Å². The lowest BCUT2D eigenvalue weighted by atomic mass is 10.1. The minimum absolute atomic E-state index is 0.132. The van der Waals surface area contributed by atoms with E-state index in [2.05, 4.69) is 10.6 Å². The number of Topliss-reactive ketones (excluding diaryl/α,β-unsaturated/α-hetero) is 1. The van der Waals surface area contributed by atoms with Crippen molar-refractivity contribution in [3.8, 4) is 5.75 Å². The summed E-state index contributed by atoms with van der Waals surface area (Å²) in [6.45, 7) is 2.84. The van der Waals surface area contributed by atoms with Crippen molar-refractivity contribution in [1.29, 1.82) is 0 Å². The highest BCUT2D eigenvalue weighted by atomic mass is 16.6. The van der Waals surface area contributed by atoms with Crippen molar-refractivity contribution in [2.75, 3.05) is 10.6 Å². The Morgan fingerprint density at radius 3 is 2.69 bits per heavy atom. The minimum Gasteiger partial charge on any atom is -0.478 e. The second kappa shape index (κ2) is 8.55. The molecule has 8 heteroatoms. The minimum atomic E-state index is -1.09. The van der Waals surface area contributed by atoms with E-state index in [0.29, 0.717) is 22.7 Å². The molecule has 0 aromatic heterocycles. The number of amides is 2. The Balaban J connectivity index is 1.55. The Bertz CT molecular complexity index is 971. The van der Waals surface area contributed by atoms with E-state index >= 15 is 0 Å². The summed E-state index contributed by atoms with van der Waals surface area (Å²) in [5.74, 6) is -1.43. The molecule has 0 aliphatic carbocycles. The smallest absolute Gasteiger partial charge is 0.310 e. The predicted octanol–water partition coefficient (Wildman–Crippen LogP) is 2.55. The van der Waals surface area contributed by atoms with Gasteiger partial charge in [-0.3, -0.25) is 19.2 Å². The standard InChI is InChI=1S/C21H20N2O6/c1-12(24)14-6-5-7-15(10-14)22-20(26)13(2)28-19(25)11-18-21(27)23-16-8-3-4-9-17(16)29-18/h3-10,13,18H,11H2,1-2H3,(H,22,26)(H,23,27)/t13-,18-/m0/s1. The van der Waals surface area contributed by atoms with Gasteiger partial charge in [0, 0.05) is 11.3 Å². The van der Waals surface area contributed by atoms with Crippen LogP contribution in [0.15, 0.2) is 48.5 Å². The number of benzene rings is 2. The van der Waals surface area contributed by atoms with Crippen LogP contribution in [0.3, 0.4) is 0 Å². The normalized spacial score (nSPS) is 15.9. The van der Waals surface area contributed by atoms with Crippen LogP contribution in [0.25, 0.3) is 0 Å². The largest absolute Gasteiger partial charge is 0.478 e. The number of para-hydroxylation sites is 2. The number of ether oxygens (including phenoxy) is 2. The van der Waals surface area contributed by atoms with Gasteiger partial charge in [0.2, 0.25) is 0 Å². The van der Waals surface area contributed by atoms with E-state index in [0.717, 1.165) is 0 Å². The molecule has 1 aliphatic rings. The van der Waals surface area contributed by atoms with Gasteiger partial charge in [-0.1, -0.05) is 24.3 Å². The molecule has 150 valence electrons. The zero-order valence-corrected chi connectivity index (χ0v) is 15.9. The summed E-state index contributed by atoms with van der Waals surface area (Å²) >= 11 is 0. The van der Waals surface area contributed by atoms with Crippen molar-refractivity contribution in [2.45, 2.75) is 32.5 Å². The predicted molar refractivity (Wildman–Crippen MR) is 105 cm³/mol. The van der Waals surface area contributed by atoms with Gasteiger partial charge < -0.3 is 20.1 Å². The Hall–Kier alpha value is -3.68. The van der Waals surface area contributed by atoms with E-state index in [4.69, 9.17) is 9.47 Å². The molecule has 1 aliphatic heterocycles. The summed E-state index contributed by atoms with van der Waals surface area (Å²) in [6.07, 6.45) is -2.47. The molecule has 2 atom stereocenters. The second-order valence-electron chi connectivity index (χ2n) is 6.55. The molecule has 0 unspecified atom stereocenters. The molecule has 0 bridgehead atoms. The van der Waals surface area contributed by atoms with Crippen LogP contribution in [-0.4, -0.2) is 35.8 Å². The van der Waals surface area contributed by atoms with E-state index < -0.39 is 30.0 Å². The summed E-state index contributed by atoms with van der Waals surface area (Å²) in [5, 5.41) is 5.25. The van der Waals surface area contributed by atoms with Gasteiger partial charge in [0.1, 0.15) is 5.75 Å². The summed E-state index contributed by atoms with van der Waals surface area (Å²) in [4.78, 5) is 48.0. The van der Waals surface area contributed by atoms with Crippen LogP contribution in [0.5, 0.6) is 5.75 Å². The van der Waals surface area contributed by atoms with Gasteiger partial charge >= 0.3 is 5.97 Å². The Morgan fingerprint density at radius 1 is 1.17 bits per heavy atom. The number of rotatable bonds is 6. The first-order valence-corrected chi connectivity index (χ1v) is 9.01. The molecule has 0 saturated heterocycles. The molecule has 2 N–H and O–H groups in total. The molecule has 8 nitrogen and oxygen atoms in total. The molecular formula is C21H20N2O6. The van der Waals surface area contributed by atoms with E-state index in [9.17, 15) is 19.2 Å². The van der Waals surface area contributed by atoms with Gasteiger partial charge in [-0.25, -0.2) is 0 Å². The van der Waals surface area contributed by atoms with Crippen molar-refractivity contribution < 1.29 is 28.7 Å². The van der Waals surface area contributed by atoms with Gasteiger partial charge in [-0.05, 0) is 38.1 Å². The molecule has 2 aromatic carbocycles. The molecule has 0 radical (unpaired) electrons.